The average molecular weight is 198 g/mol. The molecule has 1 heterocycles. The van der Waals surface area contributed by atoms with E-state index in [1.165, 1.54) is 11.3 Å². The molecule has 0 radical (unpaired) electrons. The lowest BCUT2D eigenvalue weighted by Crippen LogP contribution is -2.32. The molecule has 0 aliphatic rings. The van der Waals surface area contributed by atoms with Gasteiger partial charge in [-0.1, -0.05) is 0 Å². The molecule has 0 spiro atoms. The first-order chi connectivity index (χ1) is 6.04. The summed E-state index contributed by atoms with van der Waals surface area (Å²) in [7, 11) is 1.78. The van der Waals surface area contributed by atoms with Gasteiger partial charge in [0.25, 0.3) is 5.91 Å². The van der Waals surface area contributed by atoms with Crippen LogP contribution in [-0.2, 0) is 0 Å². The lowest BCUT2D eigenvalue weighted by Gasteiger charge is -2.20. The van der Waals surface area contributed by atoms with Crippen LogP contribution in [0.15, 0.2) is 11.4 Å². The molecule has 72 valence electrons. The third kappa shape index (κ3) is 2.01. The van der Waals surface area contributed by atoms with Gasteiger partial charge in [0.05, 0.1) is 5.69 Å². The Morgan fingerprint density at radius 1 is 1.62 bits per heavy atom. The highest BCUT2D eigenvalue weighted by Gasteiger charge is 2.17. The van der Waals surface area contributed by atoms with Gasteiger partial charge in [0.15, 0.2) is 0 Å². The van der Waals surface area contributed by atoms with Crippen LogP contribution in [0.3, 0.4) is 0 Å². The Morgan fingerprint density at radius 2 is 2.23 bits per heavy atom. The molecule has 1 amide bonds. The third-order valence-electron chi connectivity index (χ3n) is 1.98. The van der Waals surface area contributed by atoms with Crippen molar-refractivity contribution in [2.75, 3.05) is 12.8 Å². The fourth-order valence-corrected chi connectivity index (χ4v) is 1.69. The normalized spacial score (nSPS) is 10.5. The van der Waals surface area contributed by atoms with Crippen molar-refractivity contribution in [3.8, 4) is 0 Å². The highest BCUT2D eigenvalue weighted by molar-refractivity contribution is 7.12. The molecule has 0 aliphatic carbocycles. The smallest absolute Gasteiger partial charge is 0.266 e. The predicted octanol–water partition coefficient (Wildman–Crippen LogP) is 1.81. The molecule has 0 saturated carbocycles. The number of hydrogen-bond donors (Lipinski definition) is 1. The third-order valence-corrected chi connectivity index (χ3v) is 2.90. The van der Waals surface area contributed by atoms with E-state index in [2.05, 4.69) is 0 Å². The number of hydrogen-bond acceptors (Lipinski definition) is 3. The first-order valence-corrected chi connectivity index (χ1v) is 5.02. The van der Waals surface area contributed by atoms with E-state index < -0.39 is 0 Å². The summed E-state index contributed by atoms with van der Waals surface area (Å²) >= 11 is 1.39. The van der Waals surface area contributed by atoms with Crippen LogP contribution in [0.1, 0.15) is 23.5 Å². The summed E-state index contributed by atoms with van der Waals surface area (Å²) in [6, 6.07) is 1.96. The van der Waals surface area contributed by atoms with Crippen molar-refractivity contribution in [2.24, 2.45) is 0 Å². The Labute approximate surface area is 82.2 Å². The second-order valence-electron chi connectivity index (χ2n) is 3.21. The summed E-state index contributed by atoms with van der Waals surface area (Å²) in [4.78, 5) is 14.0. The maximum atomic E-state index is 11.7. The zero-order valence-electron chi connectivity index (χ0n) is 8.07. The van der Waals surface area contributed by atoms with Crippen molar-refractivity contribution < 1.29 is 4.79 Å². The fourth-order valence-electron chi connectivity index (χ4n) is 0.888. The number of nitrogens with zero attached hydrogens (tertiary/aromatic N) is 1. The lowest BCUT2D eigenvalue weighted by atomic mass is 10.3. The Morgan fingerprint density at radius 3 is 2.62 bits per heavy atom. The SMILES string of the molecule is CC(C)N(C)C(=O)c1sccc1N. The summed E-state index contributed by atoms with van der Waals surface area (Å²) in [6.45, 7) is 3.95. The van der Waals surface area contributed by atoms with Gasteiger partial charge < -0.3 is 10.6 Å². The molecular formula is C9H14N2OS. The summed E-state index contributed by atoms with van der Waals surface area (Å²) < 4.78 is 0. The van der Waals surface area contributed by atoms with E-state index in [0.29, 0.717) is 10.6 Å². The molecule has 0 bridgehead atoms. The molecule has 0 aliphatic heterocycles. The van der Waals surface area contributed by atoms with Gasteiger partial charge in [-0.3, -0.25) is 4.79 Å². The van der Waals surface area contributed by atoms with Gasteiger partial charge in [-0.25, -0.2) is 0 Å². The number of nitrogen functional groups attached to an aromatic ring is 1. The molecular weight excluding hydrogens is 184 g/mol. The van der Waals surface area contributed by atoms with Crippen molar-refractivity contribution in [1.29, 1.82) is 0 Å². The zero-order valence-corrected chi connectivity index (χ0v) is 8.89. The number of nitrogens with two attached hydrogens (primary N) is 1. The fraction of sp³-hybridized carbons (Fsp3) is 0.444. The number of carbonyl (C=O) groups excluding carboxylic acids is 1. The van der Waals surface area contributed by atoms with Gasteiger partial charge in [0, 0.05) is 13.1 Å². The van der Waals surface area contributed by atoms with Crippen molar-refractivity contribution in [3.05, 3.63) is 16.3 Å². The molecule has 1 aromatic heterocycles. The maximum absolute atomic E-state index is 11.7. The lowest BCUT2D eigenvalue weighted by molar-refractivity contribution is 0.0761. The summed E-state index contributed by atoms with van der Waals surface area (Å²) in [5, 5.41) is 1.83. The van der Waals surface area contributed by atoms with Crippen LogP contribution in [0.4, 0.5) is 5.69 Å². The van der Waals surface area contributed by atoms with E-state index in [4.69, 9.17) is 5.73 Å². The zero-order chi connectivity index (χ0) is 10.0. The van der Waals surface area contributed by atoms with E-state index >= 15 is 0 Å². The minimum atomic E-state index is 0.00231. The minimum absolute atomic E-state index is 0.00231. The molecule has 2 N–H and O–H groups in total. The summed E-state index contributed by atoms with van der Waals surface area (Å²) in [5.74, 6) is 0.00231. The molecule has 0 fully saturated rings. The van der Waals surface area contributed by atoms with E-state index in [1.54, 1.807) is 18.0 Å². The van der Waals surface area contributed by atoms with Gasteiger partial charge in [-0.2, -0.15) is 0 Å². The van der Waals surface area contributed by atoms with Crippen molar-refractivity contribution >= 4 is 22.9 Å². The molecule has 0 atom stereocenters. The van der Waals surface area contributed by atoms with Crippen LogP contribution in [0.25, 0.3) is 0 Å². The van der Waals surface area contributed by atoms with Gasteiger partial charge in [-0.15, -0.1) is 11.3 Å². The predicted molar refractivity (Wildman–Crippen MR) is 56.0 cm³/mol. The van der Waals surface area contributed by atoms with Crippen LogP contribution in [0.2, 0.25) is 0 Å². The van der Waals surface area contributed by atoms with Crippen LogP contribution < -0.4 is 5.73 Å². The Kier molecular flexibility index (Phi) is 2.93. The van der Waals surface area contributed by atoms with Gasteiger partial charge >= 0.3 is 0 Å². The van der Waals surface area contributed by atoms with Gasteiger partial charge in [0.2, 0.25) is 0 Å². The standard InChI is InChI=1S/C9H14N2OS/c1-6(2)11(3)9(12)8-7(10)4-5-13-8/h4-6H,10H2,1-3H3. The quantitative estimate of drug-likeness (QED) is 0.787. The Balaban J connectivity index is 2.86. The molecule has 0 unspecified atom stereocenters. The van der Waals surface area contributed by atoms with Crippen LogP contribution in [0.5, 0.6) is 0 Å². The first kappa shape index (κ1) is 10.1. The van der Waals surface area contributed by atoms with E-state index in [1.807, 2.05) is 19.2 Å². The minimum Gasteiger partial charge on any atom is -0.397 e. The first-order valence-electron chi connectivity index (χ1n) is 4.14. The monoisotopic (exact) mass is 198 g/mol. The highest BCUT2D eigenvalue weighted by atomic mass is 32.1. The van der Waals surface area contributed by atoms with Crippen molar-refractivity contribution in [1.82, 2.24) is 4.90 Å². The van der Waals surface area contributed by atoms with E-state index in [0.717, 1.165) is 0 Å². The van der Waals surface area contributed by atoms with Crippen LogP contribution >= 0.6 is 11.3 Å². The number of rotatable bonds is 2. The highest BCUT2D eigenvalue weighted by Crippen LogP contribution is 2.20. The number of thiophene rings is 1. The van der Waals surface area contributed by atoms with Gasteiger partial charge in [0.1, 0.15) is 4.88 Å². The number of carbonyl (C=O) groups is 1. The second kappa shape index (κ2) is 3.79. The summed E-state index contributed by atoms with van der Waals surface area (Å²) in [5.41, 5.74) is 6.21. The molecule has 13 heavy (non-hydrogen) atoms. The topological polar surface area (TPSA) is 46.3 Å². The largest absolute Gasteiger partial charge is 0.397 e. The molecule has 4 heteroatoms. The summed E-state index contributed by atoms with van der Waals surface area (Å²) in [6.07, 6.45) is 0. The average Bonchev–Trinajstić information content (AvgIpc) is 2.48. The molecule has 3 nitrogen and oxygen atoms in total. The van der Waals surface area contributed by atoms with E-state index in [9.17, 15) is 4.79 Å². The number of anilines is 1. The second-order valence-corrected chi connectivity index (χ2v) is 4.13. The van der Waals surface area contributed by atoms with Crippen LogP contribution in [0, 0.1) is 0 Å². The maximum Gasteiger partial charge on any atom is 0.266 e. The van der Waals surface area contributed by atoms with Gasteiger partial charge in [-0.05, 0) is 25.3 Å². The molecule has 0 aromatic carbocycles. The van der Waals surface area contributed by atoms with Crippen molar-refractivity contribution in [2.45, 2.75) is 19.9 Å². The number of amides is 1. The Hall–Kier alpha value is -1.03. The molecule has 0 saturated heterocycles. The molecule has 1 rings (SSSR count). The van der Waals surface area contributed by atoms with Crippen LogP contribution in [-0.4, -0.2) is 23.9 Å². The molecule has 1 aromatic rings. The Bertz CT molecular complexity index is 306. The van der Waals surface area contributed by atoms with Crippen molar-refractivity contribution in [3.63, 3.8) is 0 Å². The van der Waals surface area contributed by atoms with E-state index in [-0.39, 0.29) is 11.9 Å².